The molecule has 1 amide bonds. The third-order valence-electron chi connectivity index (χ3n) is 3.57. The van der Waals surface area contributed by atoms with Gasteiger partial charge in [-0.15, -0.1) is 0 Å². The van der Waals surface area contributed by atoms with Crippen LogP contribution in [0, 0.1) is 5.82 Å². The van der Waals surface area contributed by atoms with E-state index in [0.29, 0.717) is 22.0 Å². The van der Waals surface area contributed by atoms with E-state index in [4.69, 9.17) is 23.2 Å². The van der Waals surface area contributed by atoms with Gasteiger partial charge in [0.05, 0.1) is 10.7 Å². The second-order valence-corrected chi connectivity index (χ2v) is 7.36. The maximum atomic E-state index is 13.2. The van der Waals surface area contributed by atoms with Crippen LogP contribution in [0.1, 0.15) is 5.56 Å². The highest BCUT2D eigenvalue weighted by Crippen LogP contribution is 2.22. The molecule has 134 valence electrons. The zero-order chi connectivity index (χ0) is 18.8. The number of hydrogen-bond acceptors (Lipinski definition) is 2. The first kappa shape index (κ1) is 18.6. The van der Waals surface area contributed by atoms with Gasteiger partial charge in [0.2, 0.25) is 11.2 Å². The van der Waals surface area contributed by atoms with Gasteiger partial charge < -0.3 is 5.32 Å². The van der Waals surface area contributed by atoms with Crippen LogP contribution in [-0.2, 0) is 16.0 Å². The third kappa shape index (κ3) is 3.95. The first-order valence-corrected chi connectivity index (χ1v) is 9.15. The number of rotatable bonds is 3. The van der Waals surface area contributed by atoms with Crippen molar-refractivity contribution in [3.63, 3.8) is 0 Å². The highest BCUT2D eigenvalue weighted by Gasteiger charge is 2.25. The van der Waals surface area contributed by atoms with E-state index in [1.54, 1.807) is 24.3 Å². The van der Waals surface area contributed by atoms with E-state index in [0.717, 1.165) is 6.07 Å². The number of amides is 1. The van der Waals surface area contributed by atoms with Crippen molar-refractivity contribution in [2.75, 3.05) is 12.4 Å². The smallest absolute Gasteiger partial charge is 0.272 e. The number of anilines is 1. The van der Waals surface area contributed by atoms with Crippen LogP contribution in [0.5, 0.6) is 0 Å². The molecule has 0 spiro atoms. The zero-order valence-electron chi connectivity index (χ0n) is 13.4. The van der Waals surface area contributed by atoms with Gasteiger partial charge in [0.25, 0.3) is 5.91 Å². The predicted octanol–water partition coefficient (Wildman–Crippen LogP) is 3.97. The zero-order valence-corrected chi connectivity index (χ0v) is 15.7. The number of allylic oxidation sites excluding steroid dienone is 1. The van der Waals surface area contributed by atoms with E-state index in [1.165, 1.54) is 29.6 Å². The number of benzene rings is 2. The van der Waals surface area contributed by atoms with Gasteiger partial charge in [-0.1, -0.05) is 35.3 Å². The summed E-state index contributed by atoms with van der Waals surface area (Å²) in [6.07, 6.45) is 1.52. The average Bonchev–Trinajstić information content (AvgIpc) is 2.61. The van der Waals surface area contributed by atoms with E-state index in [1.807, 2.05) is 0 Å². The second-order valence-electron chi connectivity index (χ2n) is 5.32. The Morgan fingerprint density at radius 2 is 1.88 bits per heavy atom. The van der Waals surface area contributed by atoms with E-state index < -0.39 is 22.9 Å². The monoisotopic (exact) mass is 411 g/mol. The molecule has 26 heavy (non-hydrogen) atoms. The highest BCUT2D eigenvalue weighted by atomic mass is 35.5. The number of nitrogens with one attached hydrogen (secondary N) is 1. The van der Waals surface area contributed by atoms with Crippen molar-refractivity contribution in [3.8, 4) is 0 Å². The molecule has 1 aliphatic rings. The van der Waals surface area contributed by atoms with Crippen molar-refractivity contribution < 1.29 is 13.4 Å². The minimum absolute atomic E-state index is 0.110. The van der Waals surface area contributed by atoms with Crippen molar-refractivity contribution in [2.45, 2.75) is 0 Å². The largest absolute Gasteiger partial charge is 0.321 e. The van der Waals surface area contributed by atoms with Crippen LogP contribution in [0.25, 0.3) is 0 Å². The van der Waals surface area contributed by atoms with Crippen LogP contribution in [0.3, 0.4) is 0 Å². The fourth-order valence-corrected chi connectivity index (χ4v) is 3.27. The van der Waals surface area contributed by atoms with E-state index in [2.05, 4.69) is 9.71 Å². The Bertz CT molecular complexity index is 961. The fourth-order valence-electron chi connectivity index (χ4n) is 2.21. The number of carbonyl (C=O) groups excluding carboxylic acids is 1. The fraction of sp³-hybridized carbons (Fsp3) is 0.0588. The lowest BCUT2D eigenvalue weighted by molar-refractivity contribution is -0.113. The molecule has 1 atom stereocenters. The molecular weight excluding hydrogens is 400 g/mol. The van der Waals surface area contributed by atoms with Gasteiger partial charge in [-0.05, 0) is 36.4 Å². The molecule has 0 bridgehead atoms. The summed E-state index contributed by atoms with van der Waals surface area (Å²) in [5.74, 6) is -1.11. The molecule has 1 aliphatic heterocycles. The molecular formula is C17H12Cl2FN3O2S. The standard InChI is InChI=1S/C17H12Cl2FN3O2S/c1-23-16(17(24)21-12-6-7-14(20)13(19)8-12)9-15(22-26(23)25)10-2-4-11(18)5-3-10/h2-9H,1H3,(H,21,24). The normalized spacial score (nSPS) is 16.8. The molecule has 0 fully saturated rings. The van der Waals surface area contributed by atoms with Crippen molar-refractivity contribution in [3.05, 3.63) is 75.7 Å². The van der Waals surface area contributed by atoms with Crippen LogP contribution in [0.2, 0.25) is 10.0 Å². The van der Waals surface area contributed by atoms with Gasteiger partial charge in [0.1, 0.15) is 11.5 Å². The molecule has 2 aromatic carbocycles. The molecule has 2 aromatic rings. The lowest BCUT2D eigenvalue weighted by Gasteiger charge is -2.22. The quantitative estimate of drug-likeness (QED) is 0.830. The molecule has 1 heterocycles. The Kier molecular flexibility index (Phi) is 5.41. The Morgan fingerprint density at radius 3 is 2.54 bits per heavy atom. The Balaban J connectivity index is 1.89. The van der Waals surface area contributed by atoms with Crippen molar-refractivity contribution in [2.24, 2.45) is 4.40 Å². The lowest BCUT2D eigenvalue weighted by atomic mass is 10.1. The number of nitrogens with zero attached hydrogens (tertiary/aromatic N) is 2. The molecule has 3 rings (SSSR count). The van der Waals surface area contributed by atoms with Crippen LogP contribution >= 0.6 is 23.2 Å². The summed E-state index contributed by atoms with van der Waals surface area (Å²) in [7, 11) is 1.49. The van der Waals surface area contributed by atoms with Crippen LogP contribution < -0.4 is 5.32 Å². The molecule has 0 radical (unpaired) electrons. The Hall–Kier alpha value is -2.22. The Labute approximate surface area is 161 Å². The minimum Gasteiger partial charge on any atom is -0.321 e. The first-order valence-electron chi connectivity index (χ1n) is 7.33. The van der Waals surface area contributed by atoms with Crippen molar-refractivity contribution in [1.29, 1.82) is 0 Å². The second kappa shape index (κ2) is 7.57. The molecule has 0 saturated carbocycles. The summed E-state index contributed by atoms with van der Waals surface area (Å²) in [6.45, 7) is 0. The lowest BCUT2D eigenvalue weighted by Crippen LogP contribution is -2.32. The SMILES string of the molecule is CN1C(C(=O)Nc2ccc(F)c(Cl)c2)=CC(c2ccc(Cl)cc2)=NS1=O. The van der Waals surface area contributed by atoms with Crippen LogP contribution in [0.4, 0.5) is 10.1 Å². The number of halogens is 3. The molecule has 1 unspecified atom stereocenters. The summed E-state index contributed by atoms with van der Waals surface area (Å²) >= 11 is 9.83. The van der Waals surface area contributed by atoms with Gasteiger partial charge in [-0.25, -0.2) is 8.60 Å². The first-order chi connectivity index (χ1) is 12.3. The number of likely N-dealkylation sites (N-methyl/N-ethyl adjacent to an activating group) is 1. The van der Waals surface area contributed by atoms with Crippen molar-refractivity contribution in [1.82, 2.24) is 4.31 Å². The van der Waals surface area contributed by atoms with Gasteiger partial charge in [0.15, 0.2) is 0 Å². The van der Waals surface area contributed by atoms with Gasteiger partial charge >= 0.3 is 0 Å². The summed E-state index contributed by atoms with van der Waals surface area (Å²) < 4.78 is 30.8. The van der Waals surface area contributed by atoms with Gasteiger partial charge in [-0.2, -0.15) is 4.40 Å². The van der Waals surface area contributed by atoms with Crippen LogP contribution in [-0.4, -0.2) is 27.2 Å². The molecule has 5 nitrogen and oxygen atoms in total. The Morgan fingerprint density at radius 1 is 1.19 bits per heavy atom. The third-order valence-corrected chi connectivity index (χ3v) is 5.13. The maximum absolute atomic E-state index is 13.2. The highest BCUT2D eigenvalue weighted by molar-refractivity contribution is 7.81. The maximum Gasteiger partial charge on any atom is 0.272 e. The summed E-state index contributed by atoms with van der Waals surface area (Å²) in [5, 5.41) is 3.05. The molecule has 0 aliphatic carbocycles. The van der Waals surface area contributed by atoms with Crippen molar-refractivity contribution >= 4 is 51.7 Å². The number of hydrogen-bond donors (Lipinski definition) is 1. The van der Waals surface area contributed by atoms with E-state index in [-0.39, 0.29) is 10.7 Å². The summed E-state index contributed by atoms with van der Waals surface area (Å²) in [5.41, 5.74) is 1.52. The van der Waals surface area contributed by atoms with E-state index in [9.17, 15) is 13.4 Å². The van der Waals surface area contributed by atoms with Crippen LogP contribution in [0.15, 0.2) is 58.6 Å². The van der Waals surface area contributed by atoms with Gasteiger partial charge in [-0.3, -0.25) is 9.10 Å². The summed E-state index contributed by atoms with van der Waals surface area (Å²) in [4.78, 5) is 12.6. The number of carbonyl (C=O) groups is 1. The average molecular weight is 412 g/mol. The molecule has 0 saturated heterocycles. The molecule has 0 aromatic heterocycles. The van der Waals surface area contributed by atoms with E-state index >= 15 is 0 Å². The summed E-state index contributed by atoms with van der Waals surface area (Å²) in [6, 6.07) is 10.6. The molecule has 9 heteroatoms. The molecule has 1 N–H and O–H groups in total. The minimum atomic E-state index is -1.76. The topological polar surface area (TPSA) is 61.8 Å². The predicted molar refractivity (Wildman–Crippen MR) is 102 cm³/mol. The van der Waals surface area contributed by atoms with Gasteiger partial charge in [0, 0.05) is 23.3 Å².